The van der Waals surface area contributed by atoms with Gasteiger partial charge in [-0.15, -0.1) is 23.8 Å². The molecule has 20 heavy (non-hydrogen) atoms. The summed E-state index contributed by atoms with van der Waals surface area (Å²) in [5, 5.41) is 0. The topological polar surface area (TPSA) is 12.9 Å². The molecule has 4 heteroatoms. The molecule has 0 aliphatic heterocycles. The second-order valence-corrected chi connectivity index (χ2v) is 4.50. The molecule has 0 amide bonds. The Labute approximate surface area is 131 Å². The normalized spacial score (nSPS) is 10.2. The zero-order valence-corrected chi connectivity index (χ0v) is 13.9. The molecule has 0 saturated carbocycles. The summed E-state index contributed by atoms with van der Waals surface area (Å²) in [5.41, 5.74) is 3.40. The predicted molar refractivity (Wildman–Crippen MR) is 71.8 cm³/mol. The van der Waals surface area contributed by atoms with Gasteiger partial charge in [0.25, 0.3) is 0 Å². The van der Waals surface area contributed by atoms with Crippen LogP contribution in [0, 0.1) is 17.7 Å². The Balaban J connectivity index is 0.00000200. The van der Waals surface area contributed by atoms with Gasteiger partial charge < -0.3 is 4.98 Å². The van der Waals surface area contributed by atoms with Crippen molar-refractivity contribution in [3.8, 4) is 11.3 Å². The summed E-state index contributed by atoms with van der Waals surface area (Å²) in [6, 6.07) is 7.02. The number of aryl methyl sites for hydroxylation is 2. The molecule has 2 rings (SSSR count). The number of nitrogens with zero attached hydrogens (tertiary/aromatic N) is 1. The van der Waals surface area contributed by atoms with E-state index in [9.17, 15) is 8.78 Å². The van der Waals surface area contributed by atoms with Gasteiger partial charge in [0, 0.05) is 26.3 Å². The molecule has 0 atom stereocenters. The van der Waals surface area contributed by atoms with E-state index < -0.39 is 11.6 Å². The van der Waals surface area contributed by atoms with Gasteiger partial charge in [-0.25, -0.2) is 4.39 Å². The molecule has 1 aromatic carbocycles. The summed E-state index contributed by atoms with van der Waals surface area (Å²) in [6.07, 6.45) is 4.53. The minimum absolute atomic E-state index is 0. The molecule has 1 nitrogen and oxygen atoms in total. The van der Waals surface area contributed by atoms with E-state index in [-0.39, 0.29) is 20.1 Å². The van der Waals surface area contributed by atoms with Gasteiger partial charge >= 0.3 is 0 Å². The maximum atomic E-state index is 13.3. The summed E-state index contributed by atoms with van der Waals surface area (Å²) in [6.45, 7) is 4.15. The smallest absolute Gasteiger partial charge is 0.0765 e. The van der Waals surface area contributed by atoms with Gasteiger partial charge in [0.05, 0.1) is 11.6 Å². The van der Waals surface area contributed by atoms with E-state index in [0.717, 1.165) is 42.5 Å². The van der Waals surface area contributed by atoms with Crippen LogP contribution in [-0.2, 0) is 32.9 Å². The molecule has 1 aromatic heterocycles. The Kier molecular flexibility index (Phi) is 6.44. The molecule has 1 radical (unpaired) electrons. The molecule has 0 saturated heterocycles. The first-order chi connectivity index (χ1) is 9.15. The monoisotopic (exact) mass is 453 g/mol. The van der Waals surface area contributed by atoms with Gasteiger partial charge in [-0.2, -0.15) is 0 Å². The summed E-state index contributed by atoms with van der Waals surface area (Å²) < 4.78 is 26.3. The number of pyridine rings is 1. The molecule has 0 aliphatic rings. The van der Waals surface area contributed by atoms with E-state index in [4.69, 9.17) is 0 Å². The van der Waals surface area contributed by atoms with Crippen molar-refractivity contribution in [3.63, 3.8) is 0 Å². The largest absolute Gasteiger partial charge is 0.304 e. The molecular formula is C16H16F2IrN-. The summed E-state index contributed by atoms with van der Waals surface area (Å²) in [4.78, 5) is 4.39. The average molecular weight is 453 g/mol. The van der Waals surface area contributed by atoms with Crippen LogP contribution in [0.3, 0.4) is 0 Å². The molecule has 2 aromatic rings. The molecule has 0 fully saturated rings. The fourth-order valence-electron chi connectivity index (χ4n) is 2.04. The van der Waals surface area contributed by atoms with Gasteiger partial charge in [0.15, 0.2) is 0 Å². The SMILES string of the molecule is CCCc1cc(CC)cnc1-c1[c-]cc(F)c(F)c1.[Ir]. The zero-order chi connectivity index (χ0) is 13.8. The minimum Gasteiger partial charge on any atom is -0.304 e. The van der Waals surface area contributed by atoms with Crippen LogP contribution in [0.1, 0.15) is 31.4 Å². The summed E-state index contributed by atoms with van der Waals surface area (Å²) >= 11 is 0. The molecule has 0 spiro atoms. The van der Waals surface area contributed by atoms with Crippen LogP contribution in [0.5, 0.6) is 0 Å². The Morgan fingerprint density at radius 2 is 1.90 bits per heavy atom. The first-order valence-electron chi connectivity index (χ1n) is 6.50. The van der Waals surface area contributed by atoms with E-state index >= 15 is 0 Å². The predicted octanol–water partition coefficient (Wildman–Crippen LogP) is 4.34. The van der Waals surface area contributed by atoms with Crippen molar-refractivity contribution < 1.29 is 28.9 Å². The van der Waals surface area contributed by atoms with Crippen molar-refractivity contribution in [3.05, 3.63) is 53.2 Å². The Bertz CT molecular complexity index is 585. The van der Waals surface area contributed by atoms with Crippen LogP contribution >= 0.6 is 0 Å². The molecule has 0 N–H and O–H groups in total. The van der Waals surface area contributed by atoms with E-state index in [1.807, 2.05) is 0 Å². The van der Waals surface area contributed by atoms with Gasteiger partial charge in [-0.1, -0.05) is 31.9 Å². The number of hydrogen-bond donors (Lipinski definition) is 0. The van der Waals surface area contributed by atoms with Crippen molar-refractivity contribution >= 4 is 0 Å². The second-order valence-electron chi connectivity index (χ2n) is 4.50. The molecule has 0 bridgehead atoms. The molecule has 0 aliphatic carbocycles. The first kappa shape index (κ1) is 16.9. The summed E-state index contributed by atoms with van der Waals surface area (Å²) in [7, 11) is 0. The maximum absolute atomic E-state index is 13.3. The van der Waals surface area contributed by atoms with Gasteiger partial charge in [0.2, 0.25) is 0 Å². The van der Waals surface area contributed by atoms with Crippen molar-refractivity contribution in [2.75, 3.05) is 0 Å². The average Bonchev–Trinajstić information content (AvgIpc) is 2.42. The van der Waals surface area contributed by atoms with E-state index in [2.05, 4.69) is 31.0 Å². The van der Waals surface area contributed by atoms with Gasteiger partial charge in [0.1, 0.15) is 0 Å². The Morgan fingerprint density at radius 1 is 1.15 bits per heavy atom. The van der Waals surface area contributed by atoms with Crippen LogP contribution in [-0.4, -0.2) is 4.98 Å². The van der Waals surface area contributed by atoms with Crippen LogP contribution in [0.15, 0.2) is 24.4 Å². The fraction of sp³-hybridized carbons (Fsp3) is 0.312. The Hall–Kier alpha value is -1.12. The molecule has 0 unspecified atom stereocenters. The number of hydrogen-bond acceptors (Lipinski definition) is 1. The van der Waals surface area contributed by atoms with Crippen molar-refractivity contribution in [2.24, 2.45) is 0 Å². The quantitative estimate of drug-likeness (QED) is 0.629. The van der Waals surface area contributed by atoms with Crippen molar-refractivity contribution in [1.29, 1.82) is 0 Å². The zero-order valence-electron chi connectivity index (χ0n) is 11.5. The number of rotatable bonds is 4. The second kappa shape index (κ2) is 7.61. The fourth-order valence-corrected chi connectivity index (χ4v) is 2.04. The van der Waals surface area contributed by atoms with Crippen LogP contribution < -0.4 is 0 Å². The Morgan fingerprint density at radius 3 is 2.50 bits per heavy atom. The van der Waals surface area contributed by atoms with Crippen LogP contribution in [0.4, 0.5) is 8.78 Å². The van der Waals surface area contributed by atoms with Crippen LogP contribution in [0.25, 0.3) is 11.3 Å². The third kappa shape index (κ3) is 3.71. The maximum Gasteiger partial charge on any atom is 0.0765 e. The third-order valence-electron chi connectivity index (χ3n) is 3.06. The van der Waals surface area contributed by atoms with Crippen LogP contribution in [0.2, 0.25) is 0 Å². The van der Waals surface area contributed by atoms with E-state index in [0.29, 0.717) is 11.3 Å². The number of benzene rings is 1. The van der Waals surface area contributed by atoms with Gasteiger partial charge in [-0.05, 0) is 24.1 Å². The number of aromatic nitrogens is 1. The van der Waals surface area contributed by atoms with Crippen molar-refractivity contribution in [2.45, 2.75) is 33.1 Å². The molecular weight excluding hydrogens is 436 g/mol. The van der Waals surface area contributed by atoms with E-state index in [1.165, 1.54) is 0 Å². The standard InChI is InChI=1S/C16H16F2N.Ir/c1-3-5-12-8-11(4-2)10-19-16(12)13-6-7-14(17)15(18)9-13;/h7-10H,3-5H2,1-2H3;/q-1;. The van der Waals surface area contributed by atoms with Gasteiger partial charge in [-0.3, -0.25) is 4.39 Å². The van der Waals surface area contributed by atoms with E-state index in [1.54, 1.807) is 6.20 Å². The first-order valence-corrected chi connectivity index (χ1v) is 6.50. The molecule has 109 valence electrons. The van der Waals surface area contributed by atoms with Crippen molar-refractivity contribution in [1.82, 2.24) is 4.98 Å². The minimum atomic E-state index is -0.883. The molecule has 1 heterocycles. The number of halogens is 2. The third-order valence-corrected chi connectivity index (χ3v) is 3.06. The summed E-state index contributed by atoms with van der Waals surface area (Å²) in [5.74, 6) is -1.75.